The van der Waals surface area contributed by atoms with Gasteiger partial charge in [-0.15, -0.1) is 0 Å². The fraction of sp³-hybridized carbons (Fsp3) is 0.326. The van der Waals surface area contributed by atoms with Crippen LogP contribution in [-0.4, -0.2) is 15.9 Å². The van der Waals surface area contributed by atoms with Crippen molar-refractivity contribution >= 4 is 25.6 Å². The van der Waals surface area contributed by atoms with E-state index in [1.54, 1.807) is 5.19 Å². The van der Waals surface area contributed by atoms with Crippen LogP contribution in [0.15, 0.2) is 83.9 Å². The molecule has 0 N–H and O–H groups in total. The molecule has 1 nitrogen and oxygen atoms in total. The summed E-state index contributed by atoms with van der Waals surface area (Å²) in [5.74, 6) is 1.18. The van der Waals surface area contributed by atoms with E-state index in [-0.39, 0.29) is 16.7 Å². The minimum absolute atomic E-state index is 0.0789. The first-order chi connectivity index (χ1) is 21.2. The first-order valence-corrected chi connectivity index (χ1v) is 19.4. The van der Waals surface area contributed by atoms with E-state index in [4.69, 9.17) is 4.74 Å². The lowest BCUT2D eigenvalue weighted by Gasteiger charge is -2.29. The van der Waals surface area contributed by atoms with Gasteiger partial charge < -0.3 is 4.74 Å². The van der Waals surface area contributed by atoms with Crippen LogP contribution in [0.25, 0.3) is 33.9 Å². The molecular formula is C43H49OSi. The molecule has 0 aromatic heterocycles. The zero-order valence-electron chi connectivity index (χ0n) is 29.1. The summed E-state index contributed by atoms with van der Waals surface area (Å²) in [6, 6.07) is 27.6. The van der Waals surface area contributed by atoms with Gasteiger partial charge in [-0.25, -0.2) is 0 Å². The number of fused-ring (bicyclic) bond motifs is 2. The lowest BCUT2D eigenvalue weighted by atomic mass is 9.77. The molecule has 1 atom stereocenters. The van der Waals surface area contributed by atoms with Gasteiger partial charge in [0.05, 0.1) is 15.9 Å². The maximum atomic E-state index is 6.27. The quantitative estimate of drug-likeness (QED) is 0.205. The highest BCUT2D eigenvalue weighted by molar-refractivity contribution is 6.72. The van der Waals surface area contributed by atoms with Gasteiger partial charge in [0.1, 0.15) is 5.75 Å². The van der Waals surface area contributed by atoms with E-state index >= 15 is 0 Å². The van der Waals surface area contributed by atoms with Crippen LogP contribution >= 0.6 is 0 Å². The third-order valence-corrected chi connectivity index (χ3v) is 11.6. The molecule has 2 heteroatoms. The van der Waals surface area contributed by atoms with Crippen LogP contribution in [0.4, 0.5) is 0 Å². The monoisotopic (exact) mass is 609 g/mol. The van der Waals surface area contributed by atoms with Crippen molar-refractivity contribution in [3.63, 3.8) is 0 Å². The summed E-state index contributed by atoms with van der Waals surface area (Å²) in [6.07, 6.45) is 4.87. The maximum Gasteiger partial charge on any atom is 0.131 e. The van der Waals surface area contributed by atoms with E-state index in [0.717, 1.165) is 5.75 Å². The van der Waals surface area contributed by atoms with Crippen molar-refractivity contribution < 1.29 is 4.74 Å². The molecule has 4 aromatic carbocycles. The van der Waals surface area contributed by atoms with E-state index in [1.807, 2.05) is 7.11 Å². The molecule has 1 radical (unpaired) electrons. The first kappa shape index (κ1) is 31.4. The Morgan fingerprint density at radius 2 is 1.36 bits per heavy atom. The normalized spacial score (nSPS) is 16.3. The summed E-state index contributed by atoms with van der Waals surface area (Å²) in [5.41, 5.74) is 17.6. The molecule has 0 heterocycles. The molecule has 6 rings (SSSR count). The van der Waals surface area contributed by atoms with Crippen LogP contribution in [0.5, 0.6) is 5.75 Å². The van der Waals surface area contributed by atoms with Crippen LogP contribution in [0.1, 0.15) is 94.7 Å². The summed E-state index contributed by atoms with van der Waals surface area (Å²) >= 11 is 0. The molecule has 0 saturated heterocycles. The van der Waals surface area contributed by atoms with Crippen molar-refractivity contribution in [2.75, 3.05) is 7.11 Å². The fourth-order valence-electron chi connectivity index (χ4n) is 7.55. The highest BCUT2D eigenvalue weighted by Crippen LogP contribution is 2.56. The molecule has 0 fully saturated rings. The van der Waals surface area contributed by atoms with Crippen LogP contribution < -0.4 is 9.92 Å². The minimum atomic E-state index is -1.14. The number of ether oxygens (including phenoxy) is 1. The minimum Gasteiger partial charge on any atom is -0.496 e. The second kappa shape index (κ2) is 11.3. The Bertz CT molecular complexity index is 1840. The molecule has 45 heavy (non-hydrogen) atoms. The molecule has 1 unspecified atom stereocenters. The Morgan fingerprint density at radius 3 is 1.93 bits per heavy atom. The van der Waals surface area contributed by atoms with E-state index in [2.05, 4.69) is 154 Å². The zero-order valence-corrected chi connectivity index (χ0v) is 30.3. The van der Waals surface area contributed by atoms with Gasteiger partial charge in [0.25, 0.3) is 0 Å². The van der Waals surface area contributed by atoms with Crippen LogP contribution in [0, 0.1) is 6.42 Å². The lowest BCUT2D eigenvalue weighted by Crippen LogP contribution is -2.26. The van der Waals surface area contributed by atoms with Gasteiger partial charge in [-0.05, 0) is 80.8 Å². The molecule has 0 aliphatic heterocycles. The summed E-state index contributed by atoms with van der Waals surface area (Å²) in [7, 11) is 0.687. The lowest BCUT2D eigenvalue weighted by molar-refractivity contribution is 0.399. The molecule has 4 aromatic rings. The third-order valence-electron chi connectivity index (χ3n) is 9.85. The maximum absolute atomic E-state index is 6.27. The van der Waals surface area contributed by atoms with Gasteiger partial charge >= 0.3 is 0 Å². The molecule has 2 aliphatic carbocycles. The van der Waals surface area contributed by atoms with Gasteiger partial charge in [-0.1, -0.05) is 144 Å². The molecule has 0 amide bonds. The predicted molar refractivity (Wildman–Crippen MR) is 199 cm³/mol. The van der Waals surface area contributed by atoms with Crippen LogP contribution in [0.3, 0.4) is 0 Å². The molecule has 0 saturated carbocycles. The predicted octanol–water partition coefficient (Wildman–Crippen LogP) is 10.9. The number of hydrogen-bond donors (Lipinski definition) is 0. The Morgan fingerprint density at radius 1 is 0.711 bits per heavy atom. The van der Waals surface area contributed by atoms with E-state index in [9.17, 15) is 0 Å². The highest BCUT2D eigenvalue weighted by atomic mass is 28.3. The van der Waals surface area contributed by atoms with Gasteiger partial charge in [0.15, 0.2) is 0 Å². The fourth-order valence-corrected chi connectivity index (χ4v) is 8.92. The smallest absolute Gasteiger partial charge is 0.131 e. The summed E-state index contributed by atoms with van der Waals surface area (Å²) < 4.78 is 6.27. The van der Waals surface area contributed by atoms with Crippen molar-refractivity contribution in [2.45, 2.75) is 85.2 Å². The SMILES string of the molecule is COc1c(C(C)(C)C)cc2c(c1-c1ccccc1)C=C(C)C2C1=C(C)[CH]c2ccc([SiH](C)C)c(-c3ccc(C(C)(C)C)cc3)c21. The highest BCUT2D eigenvalue weighted by Gasteiger charge is 2.38. The van der Waals surface area contributed by atoms with Crippen molar-refractivity contribution in [2.24, 2.45) is 0 Å². The Hall–Kier alpha value is -3.62. The Kier molecular flexibility index (Phi) is 7.89. The largest absolute Gasteiger partial charge is 0.496 e. The number of methoxy groups -OCH3 is 1. The topological polar surface area (TPSA) is 9.23 Å². The second-order valence-corrected chi connectivity index (χ2v) is 18.4. The molecule has 0 bridgehead atoms. The Balaban J connectivity index is 1.63. The molecule has 231 valence electrons. The van der Waals surface area contributed by atoms with Crippen molar-refractivity contribution in [1.82, 2.24) is 0 Å². The number of hydrogen-bond acceptors (Lipinski definition) is 1. The van der Waals surface area contributed by atoms with Gasteiger partial charge in [0.2, 0.25) is 0 Å². The average Bonchev–Trinajstić information content (AvgIpc) is 3.49. The van der Waals surface area contributed by atoms with Gasteiger partial charge in [-0.2, -0.15) is 0 Å². The zero-order chi connectivity index (χ0) is 32.4. The summed E-state index contributed by atoms with van der Waals surface area (Å²) in [4.78, 5) is 0. The summed E-state index contributed by atoms with van der Waals surface area (Å²) in [5, 5.41) is 1.55. The standard InChI is InChI=1S/C43H49OSi/c1-26-23-30-19-22-35(45(10)11)39(29-17-20-31(21-18-29)42(3,4)5)40(30)37(26)36-27(2)24-32-33(36)25-34(43(6,7)8)41(44-9)38(32)28-15-13-12-14-16-28/h12-25,36,45H,1-11H3. The first-order valence-electron chi connectivity index (χ1n) is 16.5. The molecule has 2 aliphatic rings. The number of allylic oxidation sites excluding steroid dienone is 3. The van der Waals surface area contributed by atoms with Crippen LogP contribution in [0.2, 0.25) is 13.1 Å². The van der Waals surface area contributed by atoms with Crippen molar-refractivity contribution in [3.05, 3.63) is 124 Å². The molecular weight excluding hydrogens is 561 g/mol. The number of benzene rings is 4. The van der Waals surface area contributed by atoms with E-state index in [0.29, 0.717) is 0 Å². The van der Waals surface area contributed by atoms with E-state index in [1.165, 1.54) is 72.4 Å². The third kappa shape index (κ3) is 5.36. The van der Waals surface area contributed by atoms with E-state index < -0.39 is 8.80 Å². The van der Waals surface area contributed by atoms with Gasteiger partial charge in [-0.3, -0.25) is 0 Å². The van der Waals surface area contributed by atoms with Gasteiger partial charge in [0, 0.05) is 23.5 Å². The van der Waals surface area contributed by atoms with Crippen LogP contribution in [-0.2, 0) is 10.8 Å². The average molecular weight is 610 g/mol. The Labute approximate surface area is 273 Å². The number of rotatable bonds is 5. The van der Waals surface area contributed by atoms with Crippen molar-refractivity contribution in [3.8, 4) is 28.0 Å². The summed E-state index contributed by atoms with van der Waals surface area (Å²) in [6.45, 7) is 23.4. The van der Waals surface area contributed by atoms with Crippen molar-refractivity contribution in [1.29, 1.82) is 0 Å². The second-order valence-electron chi connectivity index (χ2n) is 15.5. The molecule has 0 spiro atoms.